The van der Waals surface area contributed by atoms with Crippen molar-refractivity contribution < 1.29 is 14.3 Å². The second kappa shape index (κ2) is 4.76. The number of carbonyl (C=O) groups is 1. The highest BCUT2D eigenvalue weighted by atomic mass is 35.5. The van der Waals surface area contributed by atoms with E-state index in [4.69, 9.17) is 21.1 Å². The molecular weight excluding hydrogens is 208 g/mol. The number of hydrogen-bond donors (Lipinski definition) is 0. The topological polar surface area (TPSA) is 61.3 Å². The van der Waals surface area contributed by atoms with Crippen molar-refractivity contribution in [1.82, 2.24) is 9.97 Å². The van der Waals surface area contributed by atoms with E-state index >= 15 is 0 Å². The highest BCUT2D eigenvalue weighted by Crippen LogP contribution is 2.19. The van der Waals surface area contributed by atoms with Gasteiger partial charge in [-0.15, -0.1) is 0 Å². The minimum absolute atomic E-state index is 0.0619. The molecule has 1 heterocycles. The predicted molar refractivity (Wildman–Crippen MR) is 49.6 cm³/mol. The van der Waals surface area contributed by atoms with E-state index in [0.29, 0.717) is 0 Å². The van der Waals surface area contributed by atoms with Gasteiger partial charge >= 0.3 is 5.97 Å². The molecule has 5 nitrogen and oxygen atoms in total. The lowest BCUT2D eigenvalue weighted by Gasteiger charge is -2.03. The number of carbonyl (C=O) groups excluding carboxylic acids is 1. The third kappa shape index (κ3) is 2.32. The van der Waals surface area contributed by atoms with E-state index in [0.717, 1.165) is 0 Å². The Hall–Kier alpha value is -1.36. The average Bonchev–Trinajstić information content (AvgIpc) is 2.19. The maximum absolute atomic E-state index is 11.2. The van der Waals surface area contributed by atoms with Gasteiger partial charge in [-0.3, -0.25) is 0 Å². The summed E-state index contributed by atoms with van der Waals surface area (Å²) in [4.78, 5) is 18.7. The molecule has 0 spiro atoms. The first-order valence-corrected chi connectivity index (χ1v) is 4.30. The first kappa shape index (κ1) is 10.7. The molecule has 1 rings (SSSR count). The smallest absolute Gasteiger partial charge is 0.376 e. The number of rotatable bonds is 3. The maximum Gasteiger partial charge on any atom is 0.376 e. The lowest BCUT2D eigenvalue weighted by molar-refractivity contribution is 0.0511. The molecule has 0 fully saturated rings. The van der Waals surface area contributed by atoms with Crippen molar-refractivity contribution in [2.24, 2.45) is 0 Å². The second-order valence-electron chi connectivity index (χ2n) is 2.27. The van der Waals surface area contributed by atoms with Crippen LogP contribution in [0.5, 0.6) is 5.88 Å². The van der Waals surface area contributed by atoms with Crippen molar-refractivity contribution in [3.8, 4) is 5.88 Å². The van der Waals surface area contributed by atoms with Gasteiger partial charge in [-0.05, 0) is 6.92 Å². The minimum atomic E-state index is -0.595. The quantitative estimate of drug-likeness (QED) is 0.713. The number of halogens is 1. The number of methoxy groups -OCH3 is 1. The molecule has 0 saturated carbocycles. The van der Waals surface area contributed by atoms with Gasteiger partial charge in [-0.1, -0.05) is 11.6 Å². The molecular formula is C8H9ClN2O3. The maximum atomic E-state index is 11.2. The van der Waals surface area contributed by atoms with E-state index in [1.165, 1.54) is 13.3 Å². The fourth-order valence-corrected chi connectivity index (χ4v) is 0.957. The van der Waals surface area contributed by atoms with Crippen LogP contribution in [0.15, 0.2) is 6.20 Å². The molecule has 0 atom stereocenters. The van der Waals surface area contributed by atoms with Crippen LogP contribution in [0.25, 0.3) is 0 Å². The van der Waals surface area contributed by atoms with Gasteiger partial charge in [-0.25, -0.2) is 9.78 Å². The zero-order chi connectivity index (χ0) is 10.6. The lowest BCUT2D eigenvalue weighted by Crippen LogP contribution is -2.10. The molecule has 0 saturated heterocycles. The van der Waals surface area contributed by atoms with Crippen LogP contribution in [-0.2, 0) is 4.74 Å². The Kier molecular flexibility index (Phi) is 3.64. The molecule has 0 amide bonds. The van der Waals surface area contributed by atoms with Gasteiger partial charge < -0.3 is 9.47 Å². The SMILES string of the molecule is CCOC(=O)c1ncc(Cl)c(OC)n1. The Bertz CT molecular complexity index is 343. The zero-order valence-electron chi connectivity index (χ0n) is 7.78. The molecule has 0 aliphatic carbocycles. The van der Waals surface area contributed by atoms with E-state index in [9.17, 15) is 4.79 Å². The summed E-state index contributed by atoms with van der Waals surface area (Å²) in [5.74, 6) is -0.500. The van der Waals surface area contributed by atoms with Gasteiger partial charge in [0, 0.05) is 0 Å². The number of hydrogen-bond acceptors (Lipinski definition) is 5. The van der Waals surface area contributed by atoms with Crippen LogP contribution in [0, 0.1) is 0 Å². The third-order valence-corrected chi connectivity index (χ3v) is 1.62. The fourth-order valence-electron chi connectivity index (χ4n) is 0.789. The summed E-state index contributed by atoms with van der Waals surface area (Å²) in [6.45, 7) is 1.97. The summed E-state index contributed by atoms with van der Waals surface area (Å²) in [7, 11) is 1.41. The van der Waals surface area contributed by atoms with E-state index in [-0.39, 0.29) is 23.3 Å². The van der Waals surface area contributed by atoms with Gasteiger partial charge in [0.05, 0.1) is 19.9 Å². The van der Waals surface area contributed by atoms with E-state index < -0.39 is 5.97 Å². The Morgan fingerprint density at radius 2 is 2.36 bits per heavy atom. The summed E-state index contributed by atoms with van der Waals surface area (Å²) in [5.41, 5.74) is 0. The Morgan fingerprint density at radius 1 is 1.64 bits per heavy atom. The minimum Gasteiger partial charge on any atom is -0.480 e. The van der Waals surface area contributed by atoms with Crippen LogP contribution in [-0.4, -0.2) is 29.7 Å². The third-order valence-electron chi connectivity index (χ3n) is 1.36. The first-order chi connectivity index (χ1) is 6.69. The van der Waals surface area contributed by atoms with Crippen molar-refractivity contribution >= 4 is 17.6 Å². The van der Waals surface area contributed by atoms with Crippen molar-refractivity contribution in [3.05, 3.63) is 17.0 Å². The number of ether oxygens (including phenoxy) is 2. The molecule has 0 radical (unpaired) electrons. The van der Waals surface area contributed by atoms with Gasteiger partial charge in [-0.2, -0.15) is 4.98 Å². The summed E-state index contributed by atoms with van der Waals surface area (Å²) in [6.07, 6.45) is 1.29. The Balaban J connectivity index is 2.94. The summed E-state index contributed by atoms with van der Waals surface area (Å²) < 4.78 is 9.53. The van der Waals surface area contributed by atoms with Gasteiger partial charge in [0.2, 0.25) is 11.7 Å². The Morgan fingerprint density at radius 3 is 2.93 bits per heavy atom. The molecule has 1 aromatic heterocycles. The number of esters is 1. The molecule has 0 aliphatic heterocycles. The lowest BCUT2D eigenvalue weighted by atomic mass is 10.5. The van der Waals surface area contributed by atoms with E-state index in [1.54, 1.807) is 6.92 Å². The van der Waals surface area contributed by atoms with Crippen molar-refractivity contribution in [3.63, 3.8) is 0 Å². The van der Waals surface area contributed by atoms with Crippen LogP contribution >= 0.6 is 11.6 Å². The van der Waals surface area contributed by atoms with Gasteiger partial charge in [0.25, 0.3) is 0 Å². The predicted octanol–water partition coefficient (Wildman–Crippen LogP) is 1.32. The van der Waals surface area contributed by atoms with Gasteiger partial charge in [0.1, 0.15) is 5.02 Å². The normalized spacial score (nSPS) is 9.64. The molecule has 0 aromatic carbocycles. The Labute approximate surface area is 86.0 Å². The van der Waals surface area contributed by atoms with Crippen LogP contribution in [0.1, 0.15) is 17.5 Å². The van der Waals surface area contributed by atoms with Crippen molar-refractivity contribution in [1.29, 1.82) is 0 Å². The fraction of sp³-hybridized carbons (Fsp3) is 0.375. The molecule has 1 aromatic rings. The molecule has 6 heteroatoms. The molecule has 76 valence electrons. The largest absolute Gasteiger partial charge is 0.480 e. The van der Waals surface area contributed by atoms with E-state index in [2.05, 4.69) is 9.97 Å². The summed E-state index contributed by atoms with van der Waals surface area (Å²) in [6, 6.07) is 0. The zero-order valence-corrected chi connectivity index (χ0v) is 8.54. The van der Waals surface area contributed by atoms with Crippen LogP contribution in [0.2, 0.25) is 5.02 Å². The molecule has 0 unspecified atom stereocenters. The molecule has 0 N–H and O–H groups in total. The molecule has 14 heavy (non-hydrogen) atoms. The molecule has 0 bridgehead atoms. The molecule has 0 aliphatic rings. The second-order valence-corrected chi connectivity index (χ2v) is 2.68. The van der Waals surface area contributed by atoms with Crippen molar-refractivity contribution in [2.75, 3.05) is 13.7 Å². The van der Waals surface area contributed by atoms with Crippen LogP contribution in [0.3, 0.4) is 0 Å². The van der Waals surface area contributed by atoms with Crippen molar-refractivity contribution in [2.45, 2.75) is 6.92 Å². The highest BCUT2D eigenvalue weighted by Gasteiger charge is 2.13. The first-order valence-electron chi connectivity index (χ1n) is 3.92. The number of aromatic nitrogens is 2. The van der Waals surface area contributed by atoms with Crippen LogP contribution in [0.4, 0.5) is 0 Å². The number of nitrogens with zero attached hydrogens (tertiary/aromatic N) is 2. The summed E-state index contributed by atoms with van der Waals surface area (Å²) >= 11 is 5.68. The monoisotopic (exact) mass is 216 g/mol. The van der Waals surface area contributed by atoms with E-state index in [1.807, 2.05) is 0 Å². The summed E-state index contributed by atoms with van der Waals surface area (Å²) in [5, 5.41) is 0.251. The highest BCUT2D eigenvalue weighted by molar-refractivity contribution is 6.31. The van der Waals surface area contributed by atoms with Crippen LogP contribution < -0.4 is 4.74 Å². The van der Waals surface area contributed by atoms with Gasteiger partial charge in [0.15, 0.2) is 0 Å². The average molecular weight is 217 g/mol. The standard InChI is InChI=1S/C8H9ClN2O3/c1-3-14-8(12)6-10-4-5(9)7(11-6)13-2/h4H,3H2,1-2H3.